The summed E-state index contributed by atoms with van der Waals surface area (Å²) in [7, 11) is -16.4. The topological polar surface area (TPSA) is 306 Å². The lowest BCUT2D eigenvalue weighted by Crippen LogP contribution is -2.65. The number of carbonyl (C=O) groups is 1. The van der Waals surface area contributed by atoms with Gasteiger partial charge in [0.2, 0.25) is 0 Å². The monoisotopic (exact) mass is 762 g/mol. The van der Waals surface area contributed by atoms with Crippen LogP contribution >= 0.6 is 23.5 Å². The number of aliphatic hydroxyl groups is 4. The van der Waals surface area contributed by atoms with Gasteiger partial charge in [0.1, 0.15) is 49.5 Å². The second kappa shape index (κ2) is 23.2. The zero-order valence-corrected chi connectivity index (χ0v) is 29.7. The molecule has 1 saturated carbocycles. The Balaban J connectivity index is 2.64. The van der Waals surface area contributed by atoms with Crippen LogP contribution < -0.4 is 0 Å². The van der Waals surface area contributed by atoms with E-state index in [-0.39, 0.29) is 6.42 Å². The van der Waals surface area contributed by atoms with Crippen molar-refractivity contribution in [2.45, 2.75) is 140 Å². The van der Waals surface area contributed by atoms with Gasteiger partial charge < -0.3 is 54.4 Å². The van der Waals surface area contributed by atoms with E-state index in [0.29, 0.717) is 6.42 Å². The molecule has 0 heterocycles. The second-order valence-electron chi connectivity index (χ2n) is 11.5. The summed E-state index contributed by atoms with van der Waals surface area (Å²) in [6, 6.07) is 0. The van der Waals surface area contributed by atoms with Crippen LogP contribution in [0, 0.1) is 0 Å². The van der Waals surface area contributed by atoms with Crippen LogP contribution in [0.1, 0.15) is 96.8 Å². The van der Waals surface area contributed by atoms with Crippen LogP contribution in [0.4, 0.5) is 0 Å². The van der Waals surface area contributed by atoms with Crippen LogP contribution in [0.15, 0.2) is 0 Å². The number of carbonyl (C=O) groups excluding carboxylic acids is 1. The summed E-state index contributed by atoms with van der Waals surface area (Å²) in [6.07, 6.45) is -1.74. The normalized spacial score (nSPS) is 25.5. The maximum atomic E-state index is 12.7. The van der Waals surface area contributed by atoms with Gasteiger partial charge in [0.15, 0.2) is 0 Å². The van der Waals surface area contributed by atoms with Gasteiger partial charge in [0.25, 0.3) is 0 Å². The maximum absolute atomic E-state index is 12.7. The van der Waals surface area contributed by atoms with Crippen LogP contribution in [-0.2, 0) is 46.1 Å². The maximum Gasteiger partial charge on any atom is 0.472 e. The van der Waals surface area contributed by atoms with Gasteiger partial charge in [-0.2, -0.15) is 0 Å². The lowest BCUT2D eigenvalue weighted by atomic mass is 9.85. The van der Waals surface area contributed by atoms with Crippen molar-refractivity contribution in [1.29, 1.82) is 0 Å². The van der Waals surface area contributed by atoms with Crippen molar-refractivity contribution in [2.75, 3.05) is 20.0 Å². The molecule has 0 radical (unpaired) electrons. The number of hydrogen-bond acceptors (Lipinski definition) is 14. The molecule has 0 amide bonds. The highest BCUT2D eigenvalue weighted by molar-refractivity contribution is 7.47. The van der Waals surface area contributed by atoms with Gasteiger partial charge >= 0.3 is 29.4 Å². The molecule has 19 nitrogen and oxygen atoms in total. The Morgan fingerprint density at radius 1 is 0.625 bits per heavy atom. The number of ether oxygens (including phenoxy) is 2. The molecule has 0 aromatic heterocycles. The molecule has 0 aromatic carbocycles. The summed E-state index contributed by atoms with van der Waals surface area (Å²) in [5, 5.41) is 40.2. The summed E-state index contributed by atoms with van der Waals surface area (Å²) in [4.78, 5) is 59.1. The Kier molecular flexibility index (Phi) is 22.1. The second-order valence-corrected chi connectivity index (χ2v) is 15.3. The Bertz CT molecular complexity index is 1000. The molecular weight excluding hydrogens is 709 g/mol. The summed E-state index contributed by atoms with van der Waals surface area (Å²) >= 11 is 0. The number of phosphoric ester groups is 3. The van der Waals surface area contributed by atoms with E-state index in [0.717, 1.165) is 25.7 Å². The highest BCUT2D eigenvalue weighted by Gasteiger charge is 2.56. The highest BCUT2D eigenvalue weighted by Crippen LogP contribution is 2.51. The third-order valence-corrected chi connectivity index (χ3v) is 9.42. The summed E-state index contributed by atoms with van der Waals surface area (Å²) < 4.78 is 63.4. The molecule has 0 spiro atoms. The fourth-order valence-corrected chi connectivity index (χ4v) is 7.16. The third-order valence-electron chi connectivity index (χ3n) is 7.39. The van der Waals surface area contributed by atoms with E-state index < -0.39 is 92.2 Å². The zero-order valence-electron chi connectivity index (χ0n) is 27.0. The van der Waals surface area contributed by atoms with Gasteiger partial charge in [-0.3, -0.25) is 22.9 Å². The SMILES string of the molecule is CCCCCCCCCCCCCCCC(=O)O[C@H](COCO)COP(=O)(O)OC1C(O)[C@H](OP(=O)(O)O)[C@H](O)C(OP(=O)(O)O)[C@@H]1O. The number of rotatable bonds is 27. The average Bonchev–Trinajstić information content (AvgIpc) is 2.98. The Morgan fingerprint density at radius 3 is 1.42 bits per heavy atom. The van der Waals surface area contributed by atoms with Gasteiger partial charge in [-0.05, 0) is 6.42 Å². The molecule has 9 N–H and O–H groups in total. The molecule has 1 aliphatic rings. The van der Waals surface area contributed by atoms with Crippen molar-refractivity contribution in [1.82, 2.24) is 0 Å². The molecule has 0 aliphatic heterocycles. The highest BCUT2D eigenvalue weighted by atomic mass is 31.2. The molecule has 8 atom stereocenters. The molecular formula is C26H53O19P3. The molecule has 1 rings (SSSR count). The molecule has 22 heteroatoms. The van der Waals surface area contributed by atoms with Crippen molar-refractivity contribution in [3.05, 3.63) is 0 Å². The van der Waals surface area contributed by atoms with Crippen molar-refractivity contribution in [3.8, 4) is 0 Å². The number of esters is 1. The lowest BCUT2D eigenvalue weighted by Gasteiger charge is -2.44. The first kappa shape index (κ1) is 45.6. The van der Waals surface area contributed by atoms with E-state index >= 15 is 0 Å². The van der Waals surface area contributed by atoms with E-state index in [1.807, 2.05) is 0 Å². The largest absolute Gasteiger partial charge is 0.472 e. The lowest BCUT2D eigenvalue weighted by molar-refractivity contribution is -0.213. The molecule has 1 fully saturated rings. The Morgan fingerprint density at radius 2 is 1.02 bits per heavy atom. The van der Waals surface area contributed by atoms with Crippen molar-refractivity contribution in [3.63, 3.8) is 0 Å². The van der Waals surface area contributed by atoms with E-state index in [1.165, 1.54) is 51.4 Å². The first-order valence-corrected chi connectivity index (χ1v) is 20.5. The molecule has 286 valence electrons. The van der Waals surface area contributed by atoms with Crippen LogP contribution in [0.5, 0.6) is 0 Å². The molecule has 0 bridgehead atoms. The van der Waals surface area contributed by atoms with E-state index in [4.69, 9.17) is 43.2 Å². The fraction of sp³-hybridized carbons (Fsp3) is 0.962. The molecule has 0 aromatic rings. The minimum atomic E-state index is -5.51. The predicted octanol–water partition coefficient (Wildman–Crippen LogP) is 1.90. The minimum Gasteiger partial charge on any atom is -0.457 e. The summed E-state index contributed by atoms with van der Waals surface area (Å²) in [5.74, 6) is -0.691. The van der Waals surface area contributed by atoms with Crippen LogP contribution in [0.2, 0.25) is 0 Å². The first-order chi connectivity index (χ1) is 22.4. The van der Waals surface area contributed by atoms with Crippen LogP contribution in [-0.4, -0.2) is 114 Å². The zero-order chi connectivity index (χ0) is 36.4. The smallest absolute Gasteiger partial charge is 0.457 e. The van der Waals surface area contributed by atoms with Gasteiger partial charge in [-0.25, -0.2) is 13.7 Å². The van der Waals surface area contributed by atoms with Crippen LogP contribution in [0.3, 0.4) is 0 Å². The van der Waals surface area contributed by atoms with Crippen molar-refractivity contribution >= 4 is 29.4 Å². The predicted molar refractivity (Wildman–Crippen MR) is 166 cm³/mol. The van der Waals surface area contributed by atoms with E-state index in [2.05, 4.69) is 16.0 Å². The van der Waals surface area contributed by atoms with E-state index in [1.54, 1.807) is 0 Å². The van der Waals surface area contributed by atoms with Gasteiger partial charge in [-0.15, -0.1) is 0 Å². The summed E-state index contributed by atoms with van der Waals surface area (Å²) in [6.45, 7) is 0.0212. The first-order valence-electron chi connectivity index (χ1n) is 16.0. The van der Waals surface area contributed by atoms with Gasteiger partial charge in [-0.1, -0.05) is 84.0 Å². The average molecular weight is 763 g/mol. The number of hydrogen-bond donors (Lipinski definition) is 9. The Labute approximate surface area is 279 Å². The molecule has 0 saturated heterocycles. The molecule has 1 aliphatic carbocycles. The standard InChI is InChI=1S/C26H53O19P3/c1-2-3-4-5-6-7-8-9-10-11-12-13-14-15-20(28)42-19(16-40-18-27)17-41-48(38,39)45-26-22(30)24(43-46(32,33)34)21(29)25(23(26)31)44-47(35,36)37/h19,21-27,29-31H,2-18H2,1H3,(H,38,39)(H2,32,33,34)(H2,35,36,37)/t19-,21-,22+,23?,24?,25-,26?/m1/s1. The Hall–Kier alpha value is -0.400. The number of unbranched alkanes of at least 4 members (excludes halogenated alkanes) is 12. The summed E-state index contributed by atoms with van der Waals surface area (Å²) in [5.41, 5.74) is 0. The quantitative estimate of drug-likeness (QED) is 0.0250. The third kappa shape index (κ3) is 19.8. The van der Waals surface area contributed by atoms with Crippen LogP contribution in [0.25, 0.3) is 0 Å². The number of phosphoric acid groups is 3. The minimum absolute atomic E-state index is 0.0192. The van der Waals surface area contributed by atoms with Crippen molar-refractivity contribution < 1.29 is 91.0 Å². The van der Waals surface area contributed by atoms with Gasteiger partial charge in [0.05, 0.1) is 13.2 Å². The molecule has 48 heavy (non-hydrogen) atoms. The number of aliphatic hydroxyl groups excluding tert-OH is 4. The van der Waals surface area contributed by atoms with Gasteiger partial charge in [0, 0.05) is 6.42 Å². The molecule has 4 unspecified atom stereocenters. The van der Waals surface area contributed by atoms with Crippen molar-refractivity contribution in [2.24, 2.45) is 0 Å². The van der Waals surface area contributed by atoms with E-state index in [9.17, 15) is 38.7 Å². The fourth-order valence-electron chi connectivity index (χ4n) is 5.05.